The Kier molecular flexibility index (Phi) is 29.7. The number of aliphatic carboxylic acids is 1. The van der Waals surface area contributed by atoms with Crippen LogP contribution in [-0.2, 0) is 25.4 Å². The molecule has 1 saturated heterocycles. The standard InChI is InChI=1S/C19H36N2O3.C17H19N3O2S.C12H21N3O3S.C2H6/c1-5-7-9-10-11-12-16(3)18(19(23)24)20-14-17(15-22)21(4)13-8-6-2;1-10(2)18-17-20-15(9-23-17)14-8-16(22-4)12-6-5-11(21-3)7-13(12)19-14;16-7-5-13-12(17)14-11(10-3-4-10)9-15-6-1-2-8-19(15)18;1-2/h11-12,15-18,20H,5-10,13-14H2,1-4H3,(H,23,24);5-10H,1-4H3,(H,18,20);7,10-11H,1-6,8-9H2,(H2,13,14,17);1-2H3/b12-11-;;;/t16?,17-,18?;;;/m1.../s1. The van der Waals surface area contributed by atoms with Gasteiger partial charge in [0.2, 0.25) is 0 Å². The fourth-order valence-electron chi connectivity index (χ4n) is 7.17. The lowest BCUT2D eigenvalue weighted by Gasteiger charge is -2.29. The molecule has 1 aromatic carbocycles. The van der Waals surface area contributed by atoms with E-state index in [9.17, 15) is 28.5 Å². The molecular formula is C50H82N8O8S2. The summed E-state index contributed by atoms with van der Waals surface area (Å²) in [5.41, 5.74) is 2.45. The number of amides is 2. The molecule has 3 heterocycles. The topological polar surface area (TPSA) is 204 Å². The molecule has 2 fully saturated rings. The second-order valence-electron chi connectivity index (χ2n) is 17.1. The molecule has 5 rings (SSSR count). The lowest BCUT2D eigenvalue weighted by molar-refractivity contribution is -0.140. The molecule has 16 nitrogen and oxygen atoms in total. The number of rotatable bonds is 26. The number of aromatic nitrogens is 2. The molecule has 1 saturated carbocycles. The quantitative estimate of drug-likeness (QED) is 0.0292. The van der Waals surface area contributed by atoms with Crippen LogP contribution in [0, 0.1) is 11.8 Å². The third-order valence-corrected chi connectivity index (χ3v) is 13.6. The van der Waals surface area contributed by atoms with Crippen molar-refractivity contribution in [3.05, 3.63) is 41.8 Å². The Hall–Kier alpha value is -4.49. The van der Waals surface area contributed by atoms with Crippen molar-refractivity contribution in [2.24, 2.45) is 11.8 Å². The number of anilines is 1. The van der Waals surface area contributed by atoms with Crippen molar-refractivity contribution in [2.75, 3.05) is 65.1 Å². The number of carboxylic acids is 1. The number of carboxylic acid groups (broad SMARTS) is 1. The van der Waals surface area contributed by atoms with Gasteiger partial charge in [-0.2, -0.15) is 0 Å². The first-order valence-electron chi connectivity index (χ1n) is 24.4. The fraction of sp³-hybridized carbons (Fsp3) is 0.640. The normalized spacial score (nSPS) is 16.4. The van der Waals surface area contributed by atoms with Crippen LogP contribution in [0.25, 0.3) is 22.3 Å². The van der Waals surface area contributed by atoms with Crippen LogP contribution in [0.3, 0.4) is 0 Å². The van der Waals surface area contributed by atoms with E-state index in [0.717, 1.165) is 115 Å². The summed E-state index contributed by atoms with van der Waals surface area (Å²) in [6, 6.07) is 6.78. The summed E-state index contributed by atoms with van der Waals surface area (Å²) in [6.07, 6.45) is 16.5. The maximum absolute atomic E-state index is 11.9. The molecular weight excluding hydrogens is 905 g/mol. The van der Waals surface area contributed by atoms with Crippen LogP contribution in [0.15, 0.2) is 41.8 Å². The molecule has 0 bridgehead atoms. The molecule has 0 spiro atoms. The third kappa shape index (κ3) is 21.9. The van der Waals surface area contributed by atoms with Gasteiger partial charge in [-0.15, -0.1) is 11.3 Å². The van der Waals surface area contributed by atoms with Crippen molar-refractivity contribution in [1.29, 1.82) is 0 Å². The maximum atomic E-state index is 11.9. The number of hydrogen-bond acceptors (Lipinski definition) is 13. The second kappa shape index (κ2) is 33.9. The van der Waals surface area contributed by atoms with E-state index in [1.54, 1.807) is 25.6 Å². The number of fused-ring (bicyclic) bond motifs is 1. The molecule has 4 unspecified atom stereocenters. The van der Waals surface area contributed by atoms with Crippen LogP contribution in [0.5, 0.6) is 11.5 Å². The van der Waals surface area contributed by atoms with Crippen molar-refractivity contribution in [2.45, 2.75) is 137 Å². The number of benzene rings is 1. The molecule has 3 aromatic rings. The lowest BCUT2D eigenvalue weighted by Crippen LogP contribution is -2.50. The van der Waals surface area contributed by atoms with E-state index < -0.39 is 23.0 Å². The van der Waals surface area contributed by atoms with Crippen LogP contribution in [-0.4, -0.2) is 137 Å². The zero-order valence-electron chi connectivity index (χ0n) is 42.4. The van der Waals surface area contributed by atoms with Gasteiger partial charge in [-0.05, 0) is 90.4 Å². The number of carbonyl (C=O) groups is 4. The highest BCUT2D eigenvalue weighted by Gasteiger charge is 2.35. The number of aldehydes is 2. The lowest BCUT2D eigenvalue weighted by atomic mass is 10.00. The van der Waals surface area contributed by atoms with E-state index in [0.29, 0.717) is 31.3 Å². The number of methoxy groups -OCH3 is 2. The highest BCUT2D eigenvalue weighted by molar-refractivity contribution is 7.82. The smallest absolute Gasteiger partial charge is 0.321 e. The highest BCUT2D eigenvalue weighted by Crippen LogP contribution is 2.34. The first-order chi connectivity index (χ1) is 32.8. The van der Waals surface area contributed by atoms with E-state index in [-0.39, 0.29) is 30.6 Å². The van der Waals surface area contributed by atoms with Crippen LogP contribution in [0.2, 0.25) is 0 Å². The van der Waals surface area contributed by atoms with E-state index in [4.69, 9.17) is 14.5 Å². The molecule has 2 amide bonds. The minimum Gasteiger partial charge on any atom is -0.497 e. The molecule has 18 heteroatoms. The summed E-state index contributed by atoms with van der Waals surface area (Å²) in [5, 5.41) is 25.0. The zero-order valence-corrected chi connectivity index (χ0v) is 44.0. The molecule has 0 radical (unpaired) electrons. The van der Waals surface area contributed by atoms with Crippen molar-refractivity contribution in [3.63, 3.8) is 0 Å². The van der Waals surface area contributed by atoms with Crippen LogP contribution in [0.4, 0.5) is 9.93 Å². The molecule has 382 valence electrons. The first-order valence-corrected chi connectivity index (χ1v) is 26.6. The van der Waals surface area contributed by atoms with Gasteiger partial charge in [0.05, 0.1) is 49.0 Å². The Morgan fingerprint density at radius 2 is 1.75 bits per heavy atom. The predicted octanol–water partition coefficient (Wildman–Crippen LogP) is 8.35. The number of nitrogens with one attached hydrogen (secondary N) is 4. The number of pyridine rings is 1. The van der Waals surface area contributed by atoms with Gasteiger partial charge in [0, 0.05) is 66.3 Å². The van der Waals surface area contributed by atoms with Crippen LogP contribution in [0.1, 0.15) is 113 Å². The molecule has 68 heavy (non-hydrogen) atoms. The minimum atomic E-state index is -0.902. The average Bonchev–Trinajstić information content (AvgIpc) is 4.09. The summed E-state index contributed by atoms with van der Waals surface area (Å²) < 4.78 is 24.7. The number of carbonyl (C=O) groups excluding carboxylic acids is 3. The first kappa shape index (κ1) is 59.6. The fourth-order valence-corrected chi connectivity index (χ4v) is 9.39. The SMILES string of the molecule is CC.CCCCC/C=C\C(C)C(NC[C@H](C=O)N(C)CCCC)C(=O)O.COc1ccc2c(OC)cc(-c3csc(NC(C)C)n3)nc2c1.O=CCNC(=O)NC(CN1CCCCS1=O)C1CC1. The van der Waals surface area contributed by atoms with Crippen molar-refractivity contribution in [3.8, 4) is 22.9 Å². The van der Waals surface area contributed by atoms with Gasteiger partial charge in [-0.25, -0.2) is 23.3 Å². The van der Waals surface area contributed by atoms with Crippen molar-refractivity contribution < 1.29 is 38.0 Å². The van der Waals surface area contributed by atoms with Gasteiger partial charge in [-0.3, -0.25) is 9.69 Å². The van der Waals surface area contributed by atoms with Gasteiger partial charge in [0.25, 0.3) is 0 Å². The number of nitrogens with zero attached hydrogens (tertiary/aromatic N) is 4. The number of urea groups is 1. The second-order valence-corrected chi connectivity index (χ2v) is 19.5. The summed E-state index contributed by atoms with van der Waals surface area (Å²) in [6.45, 7) is 17.1. The van der Waals surface area contributed by atoms with E-state index >= 15 is 0 Å². The van der Waals surface area contributed by atoms with E-state index in [2.05, 4.69) is 60.0 Å². The Morgan fingerprint density at radius 1 is 1.01 bits per heavy atom. The number of unbranched alkanes of at least 4 members (excludes halogenated alkanes) is 4. The average molecular weight is 987 g/mol. The molecule has 5 atom stereocenters. The highest BCUT2D eigenvalue weighted by atomic mass is 32.2. The van der Waals surface area contributed by atoms with Crippen molar-refractivity contribution >= 4 is 62.9 Å². The van der Waals surface area contributed by atoms with Gasteiger partial charge < -0.3 is 45.4 Å². The molecule has 1 aliphatic heterocycles. The van der Waals surface area contributed by atoms with E-state index in [1.807, 2.05) is 72.7 Å². The largest absolute Gasteiger partial charge is 0.497 e. The van der Waals surface area contributed by atoms with Gasteiger partial charge >= 0.3 is 12.0 Å². The third-order valence-electron chi connectivity index (χ3n) is 11.2. The summed E-state index contributed by atoms with van der Waals surface area (Å²) in [4.78, 5) is 55.9. The number of allylic oxidation sites excluding steroid dienone is 1. The van der Waals surface area contributed by atoms with Crippen LogP contribution < -0.4 is 30.7 Å². The Morgan fingerprint density at radius 3 is 2.35 bits per heavy atom. The Bertz CT molecular complexity index is 1980. The van der Waals surface area contributed by atoms with Gasteiger partial charge in [0.1, 0.15) is 35.8 Å². The van der Waals surface area contributed by atoms with Gasteiger partial charge in [-0.1, -0.05) is 66.0 Å². The minimum absolute atomic E-state index is 0.0267. The molecule has 2 aliphatic rings. The maximum Gasteiger partial charge on any atom is 0.321 e. The zero-order chi connectivity index (χ0) is 50.4. The molecule has 1 aliphatic carbocycles. The predicted molar refractivity (Wildman–Crippen MR) is 278 cm³/mol. The monoisotopic (exact) mass is 987 g/mol. The molecule has 2 aromatic heterocycles. The molecule has 5 N–H and O–H groups in total. The Labute approximate surface area is 412 Å². The van der Waals surface area contributed by atoms with Crippen LogP contribution >= 0.6 is 11.3 Å². The van der Waals surface area contributed by atoms with E-state index in [1.165, 1.54) is 12.8 Å². The number of hydrogen-bond donors (Lipinski definition) is 5. The summed E-state index contributed by atoms with van der Waals surface area (Å²) in [7, 11) is 4.31. The number of thiazole rings is 1. The summed E-state index contributed by atoms with van der Waals surface area (Å²) in [5.74, 6) is 1.78. The Balaban J connectivity index is 0.000000345. The van der Waals surface area contributed by atoms with Crippen molar-refractivity contribution in [1.82, 2.24) is 35.1 Å². The number of ether oxygens (including phenoxy) is 2. The van der Waals surface area contributed by atoms with Gasteiger partial charge in [0.15, 0.2) is 5.13 Å². The number of likely N-dealkylation sites (N-methyl/N-ethyl adjacent to an activating group) is 1. The summed E-state index contributed by atoms with van der Waals surface area (Å²) >= 11 is 1.57.